The van der Waals surface area contributed by atoms with E-state index in [1.165, 1.54) is 110 Å². The Kier molecular flexibility index (Phi) is 6.90. The third kappa shape index (κ3) is 4.85. The van der Waals surface area contributed by atoms with E-state index in [2.05, 4.69) is 56.2 Å². The summed E-state index contributed by atoms with van der Waals surface area (Å²) in [5.41, 5.74) is 1.37. The van der Waals surface area contributed by atoms with Gasteiger partial charge in [-0.15, -0.1) is 0 Å². The first-order valence-corrected chi connectivity index (χ1v) is 16.2. The van der Waals surface area contributed by atoms with E-state index in [9.17, 15) is 0 Å². The Morgan fingerprint density at radius 1 is 0.611 bits per heavy atom. The zero-order valence-corrected chi connectivity index (χ0v) is 24.9. The lowest BCUT2D eigenvalue weighted by Crippen LogP contribution is -2.61. The minimum Gasteiger partial charge on any atom is -0.303 e. The highest BCUT2D eigenvalue weighted by Crippen LogP contribution is 2.52. The van der Waals surface area contributed by atoms with Crippen molar-refractivity contribution in [3.8, 4) is 0 Å². The molecule has 9 saturated heterocycles. The molecule has 9 fully saturated rings. The van der Waals surface area contributed by atoms with Crippen LogP contribution in [0.3, 0.4) is 0 Å². The molecule has 9 heterocycles. The third-order valence-corrected chi connectivity index (χ3v) is 13.1. The van der Waals surface area contributed by atoms with Gasteiger partial charge in [0, 0.05) is 24.7 Å². The topological polar surface area (TPSA) is 9.72 Å². The van der Waals surface area contributed by atoms with Crippen LogP contribution in [0.25, 0.3) is 0 Å². The lowest BCUT2D eigenvalue weighted by Gasteiger charge is -2.59. The van der Waals surface area contributed by atoms with Crippen molar-refractivity contribution in [1.82, 2.24) is 14.7 Å². The van der Waals surface area contributed by atoms with Crippen LogP contribution < -0.4 is 0 Å². The van der Waals surface area contributed by atoms with Gasteiger partial charge in [0.05, 0.1) is 0 Å². The van der Waals surface area contributed by atoms with Gasteiger partial charge in [-0.2, -0.15) is 0 Å². The first-order chi connectivity index (χ1) is 17.0. The van der Waals surface area contributed by atoms with Gasteiger partial charge in [-0.1, -0.05) is 41.5 Å². The maximum Gasteiger partial charge on any atom is 0.0152 e. The second-order valence-corrected chi connectivity index (χ2v) is 16.7. The molecule has 0 N–H and O–H groups in total. The van der Waals surface area contributed by atoms with E-state index in [0.717, 1.165) is 41.8 Å². The molecule has 36 heavy (non-hydrogen) atoms. The molecule has 6 unspecified atom stereocenters. The number of rotatable bonds is 8. The summed E-state index contributed by atoms with van der Waals surface area (Å²) < 4.78 is 0. The Morgan fingerprint density at radius 2 is 1.22 bits per heavy atom. The first kappa shape index (κ1) is 26.1. The van der Waals surface area contributed by atoms with Crippen LogP contribution in [0.2, 0.25) is 0 Å². The summed E-state index contributed by atoms with van der Waals surface area (Å²) in [6, 6.07) is 2.47. The van der Waals surface area contributed by atoms with Crippen LogP contribution in [0.4, 0.5) is 0 Å². The molecular weight excluding hydrogens is 438 g/mol. The summed E-state index contributed by atoms with van der Waals surface area (Å²) in [6.45, 7) is 24.1. The average Bonchev–Trinajstić information content (AvgIpc) is 2.89. The van der Waals surface area contributed by atoms with Gasteiger partial charge in [0.15, 0.2) is 0 Å². The van der Waals surface area contributed by atoms with Crippen LogP contribution in [0.5, 0.6) is 0 Å². The monoisotopic (exact) mass is 497 g/mol. The molecule has 3 heteroatoms. The average molecular weight is 498 g/mol. The van der Waals surface area contributed by atoms with Gasteiger partial charge in [-0.25, -0.2) is 0 Å². The van der Waals surface area contributed by atoms with E-state index in [0.29, 0.717) is 16.2 Å². The van der Waals surface area contributed by atoms with Crippen LogP contribution in [-0.4, -0.2) is 72.1 Å². The van der Waals surface area contributed by atoms with Crippen LogP contribution in [0.1, 0.15) is 112 Å². The zero-order chi connectivity index (χ0) is 25.3. The quantitative estimate of drug-likeness (QED) is 0.360. The highest BCUT2D eigenvalue weighted by atomic mass is 15.2. The molecule has 9 aliphatic heterocycles. The second-order valence-electron chi connectivity index (χ2n) is 16.7. The van der Waals surface area contributed by atoms with Crippen LogP contribution >= 0.6 is 0 Å². The van der Waals surface area contributed by atoms with Crippen molar-refractivity contribution < 1.29 is 0 Å². The molecule has 9 rings (SSSR count). The van der Waals surface area contributed by atoms with E-state index < -0.39 is 0 Å². The Bertz CT molecular complexity index is 770. The van der Waals surface area contributed by atoms with Crippen LogP contribution in [-0.2, 0) is 0 Å². The second kappa shape index (κ2) is 9.51. The van der Waals surface area contributed by atoms with Gasteiger partial charge in [0.2, 0.25) is 0 Å². The fourth-order valence-electron chi connectivity index (χ4n) is 10.6. The molecule has 0 aliphatic carbocycles. The number of piperidine rings is 9. The fraction of sp³-hybridized carbons (Fsp3) is 1.00. The van der Waals surface area contributed by atoms with Gasteiger partial charge in [0.1, 0.15) is 0 Å². The van der Waals surface area contributed by atoms with E-state index in [4.69, 9.17) is 0 Å². The van der Waals surface area contributed by atoms with Crippen molar-refractivity contribution in [1.29, 1.82) is 0 Å². The fourth-order valence-corrected chi connectivity index (χ4v) is 10.6. The molecule has 0 saturated carbocycles. The van der Waals surface area contributed by atoms with Gasteiger partial charge < -0.3 is 4.90 Å². The molecule has 9 aliphatic rings. The lowest BCUT2D eigenvalue weighted by molar-refractivity contribution is -0.0893. The van der Waals surface area contributed by atoms with E-state index in [-0.39, 0.29) is 0 Å². The number of fused-ring (bicyclic) bond motifs is 9. The van der Waals surface area contributed by atoms with Crippen molar-refractivity contribution in [2.45, 2.75) is 130 Å². The maximum absolute atomic E-state index is 3.07. The van der Waals surface area contributed by atoms with E-state index in [1.54, 1.807) is 0 Å². The highest BCUT2D eigenvalue weighted by Gasteiger charge is 2.50. The van der Waals surface area contributed by atoms with Crippen molar-refractivity contribution in [2.24, 2.45) is 39.9 Å². The molecule has 0 amide bonds. The molecule has 0 radical (unpaired) electrons. The van der Waals surface area contributed by atoms with Crippen LogP contribution in [0, 0.1) is 39.9 Å². The summed E-state index contributed by atoms with van der Waals surface area (Å²) in [5, 5.41) is 0. The predicted octanol–water partition coefficient (Wildman–Crippen LogP) is 6.91. The Morgan fingerprint density at radius 3 is 1.78 bits per heavy atom. The number of nitrogens with zero attached hydrogens (tertiary/aromatic N) is 3. The summed E-state index contributed by atoms with van der Waals surface area (Å²) in [5.74, 6) is 3.93. The van der Waals surface area contributed by atoms with E-state index >= 15 is 0 Å². The van der Waals surface area contributed by atoms with Crippen molar-refractivity contribution in [2.75, 3.05) is 39.3 Å². The standard InChI is InChI=1S/C33H59N3/c1-31(2,29-20-24-7-16-35(29)17-8-24)12-13-32(3,4)30-21-25-9-18-36(30)27(19-25)22-33(5,6)28-23-34-14-10-26(28)11-15-34/h24-30H,7-23H2,1-6H3. The van der Waals surface area contributed by atoms with E-state index in [1.807, 2.05) is 0 Å². The Balaban J connectivity index is 1.11. The highest BCUT2D eigenvalue weighted by molar-refractivity contribution is 5.04. The number of hydrogen-bond acceptors (Lipinski definition) is 3. The molecule has 0 aromatic carbocycles. The summed E-state index contributed by atoms with van der Waals surface area (Å²) in [4.78, 5) is 8.72. The molecule has 3 nitrogen and oxygen atoms in total. The predicted molar refractivity (Wildman–Crippen MR) is 152 cm³/mol. The smallest absolute Gasteiger partial charge is 0.0152 e. The summed E-state index contributed by atoms with van der Waals surface area (Å²) in [7, 11) is 0. The van der Waals surface area contributed by atoms with Crippen molar-refractivity contribution >= 4 is 0 Å². The molecule has 206 valence electrons. The number of hydrogen-bond donors (Lipinski definition) is 0. The van der Waals surface area contributed by atoms with Gasteiger partial charge >= 0.3 is 0 Å². The maximum atomic E-state index is 3.07. The van der Waals surface area contributed by atoms with Gasteiger partial charge in [0.25, 0.3) is 0 Å². The minimum atomic E-state index is 0.428. The van der Waals surface area contributed by atoms with Crippen molar-refractivity contribution in [3.63, 3.8) is 0 Å². The molecule has 0 aromatic heterocycles. The SMILES string of the molecule is CC(C)(CC1CC2CCN1C(C(C)(C)CCC(C)(C)C1CC3CCN1CC3)C2)C1CN2CCC1CC2. The summed E-state index contributed by atoms with van der Waals surface area (Å²) >= 11 is 0. The normalized spacial score (nSPS) is 44.8. The van der Waals surface area contributed by atoms with Crippen molar-refractivity contribution in [3.05, 3.63) is 0 Å². The largest absolute Gasteiger partial charge is 0.303 e. The first-order valence-electron chi connectivity index (χ1n) is 16.2. The molecular formula is C33H59N3. The van der Waals surface area contributed by atoms with Gasteiger partial charge in [-0.05, 0) is 143 Å². The summed E-state index contributed by atoms with van der Waals surface area (Å²) in [6.07, 6.45) is 16.0. The Hall–Kier alpha value is -0.120. The minimum absolute atomic E-state index is 0.428. The Labute approximate surface area is 224 Å². The molecule has 6 bridgehead atoms. The van der Waals surface area contributed by atoms with Gasteiger partial charge in [-0.3, -0.25) is 9.80 Å². The lowest BCUT2D eigenvalue weighted by atomic mass is 9.60. The molecule has 0 aromatic rings. The third-order valence-electron chi connectivity index (χ3n) is 13.1. The van der Waals surface area contributed by atoms with Crippen LogP contribution in [0.15, 0.2) is 0 Å². The zero-order valence-electron chi connectivity index (χ0n) is 24.9. The molecule has 0 spiro atoms. The molecule has 6 atom stereocenters.